The summed E-state index contributed by atoms with van der Waals surface area (Å²) in [5, 5.41) is 0. The summed E-state index contributed by atoms with van der Waals surface area (Å²) in [4.78, 5) is 10.8. The van der Waals surface area contributed by atoms with Crippen LogP contribution in [0.15, 0.2) is 17.3 Å². The lowest BCUT2D eigenvalue weighted by molar-refractivity contribution is 0.271. The van der Waals surface area contributed by atoms with E-state index in [1.54, 1.807) is 0 Å². The van der Waals surface area contributed by atoms with Crippen LogP contribution in [0.1, 0.15) is 12.5 Å². The number of rotatable bonds is 2. The Bertz CT molecular complexity index is 400. The number of likely N-dealkylation sites (N-methyl/N-ethyl adjacent to an activating group) is 1. The number of nitrogens with zero attached hydrogens (tertiary/aromatic N) is 3. The standard InChI is InChI=1S/C13H19N3S/c1-2-15-4-6-16(7-5-15)12-9-14-10-13-11(12)3-8-17-13/h9-10H,2-8H2,1H3. The van der Waals surface area contributed by atoms with Gasteiger partial charge in [0.05, 0.1) is 11.9 Å². The van der Waals surface area contributed by atoms with Gasteiger partial charge in [0.1, 0.15) is 0 Å². The van der Waals surface area contributed by atoms with E-state index in [2.05, 4.69) is 27.9 Å². The van der Waals surface area contributed by atoms with Crippen molar-refractivity contribution in [1.82, 2.24) is 9.88 Å². The molecule has 0 amide bonds. The van der Waals surface area contributed by atoms with Gasteiger partial charge in [0.2, 0.25) is 0 Å². The van der Waals surface area contributed by atoms with Crippen molar-refractivity contribution in [2.45, 2.75) is 18.2 Å². The van der Waals surface area contributed by atoms with E-state index in [1.165, 1.54) is 48.0 Å². The van der Waals surface area contributed by atoms with Gasteiger partial charge in [-0.25, -0.2) is 0 Å². The van der Waals surface area contributed by atoms with Crippen LogP contribution in [0.4, 0.5) is 5.69 Å². The van der Waals surface area contributed by atoms with Crippen LogP contribution in [-0.2, 0) is 6.42 Å². The Hall–Kier alpha value is -0.740. The van der Waals surface area contributed by atoms with Crippen molar-refractivity contribution < 1.29 is 0 Å². The van der Waals surface area contributed by atoms with Gasteiger partial charge in [0.15, 0.2) is 0 Å². The summed E-state index contributed by atoms with van der Waals surface area (Å²) >= 11 is 1.95. The third-order valence-electron chi connectivity index (χ3n) is 3.77. The van der Waals surface area contributed by atoms with Crippen LogP contribution < -0.4 is 4.90 Å². The number of aromatic nitrogens is 1. The maximum Gasteiger partial charge on any atom is 0.0597 e. The molecule has 0 saturated carbocycles. The molecule has 1 fully saturated rings. The second kappa shape index (κ2) is 4.86. The normalized spacial score (nSPS) is 20.6. The Balaban J connectivity index is 1.79. The average molecular weight is 249 g/mol. The van der Waals surface area contributed by atoms with Gasteiger partial charge in [-0.2, -0.15) is 0 Å². The number of thioether (sulfide) groups is 1. The highest BCUT2D eigenvalue weighted by molar-refractivity contribution is 7.99. The third-order valence-corrected chi connectivity index (χ3v) is 4.84. The molecule has 2 aliphatic rings. The van der Waals surface area contributed by atoms with Crippen LogP contribution in [0.5, 0.6) is 0 Å². The van der Waals surface area contributed by atoms with Crippen molar-refractivity contribution in [3.8, 4) is 0 Å². The van der Waals surface area contributed by atoms with Crippen LogP contribution in [0.3, 0.4) is 0 Å². The zero-order chi connectivity index (χ0) is 11.7. The van der Waals surface area contributed by atoms with Crippen molar-refractivity contribution in [1.29, 1.82) is 0 Å². The molecule has 1 aromatic heterocycles. The molecule has 4 heteroatoms. The summed E-state index contributed by atoms with van der Waals surface area (Å²) in [5.74, 6) is 1.23. The van der Waals surface area contributed by atoms with Crippen LogP contribution >= 0.6 is 11.8 Å². The molecule has 2 aliphatic heterocycles. The molecule has 3 rings (SSSR count). The van der Waals surface area contributed by atoms with E-state index in [1.807, 2.05) is 18.0 Å². The Morgan fingerprint density at radius 2 is 2.06 bits per heavy atom. The molecule has 0 unspecified atom stereocenters. The number of fused-ring (bicyclic) bond motifs is 1. The molecule has 1 aromatic rings. The van der Waals surface area contributed by atoms with Gasteiger partial charge >= 0.3 is 0 Å². The van der Waals surface area contributed by atoms with Gasteiger partial charge in [0, 0.05) is 43.0 Å². The molecule has 17 heavy (non-hydrogen) atoms. The summed E-state index contributed by atoms with van der Waals surface area (Å²) in [5.41, 5.74) is 2.93. The van der Waals surface area contributed by atoms with E-state index in [4.69, 9.17) is 0 Å². The summed E-state index contributed by atoms with van der Waals surface area (Å²) in [6.45, 7) is 8.09. The number of anilines is 1. The molecule has 0 spiro atoms. The van der Waals surface area contributed by atoms with Crippen LogP contribution in [0.25, 0.3) is 0 Å². The summed E-state index contributed by atoms with van der Waals surface area (Å²) in [6.07, 6.45) is 5.30. The molecular weight excluding hydrogens is 230 g/mol. The first-order valence-electron chi connectivity index (χ1n) is 6.45. The first-order chi connectivity index (χ1) is 8.38. The number of hydrogen-bond donors (Lipinski definition) is 0. The van der Waals surface area contributed by atoms with Crippen molar-refractivity contribution in [3.63, 3.8) is 0 Å². The van der Waals surface area contributed by atoms with Gasteiger partial charge in [0.25, 0.3) is 0 Å². The van der Waals surface area contributed by atoms with Crippen LogP contribution in [0.2, 0.25) is 0 Å². The highest BCUT2D eigenvalue weighted by Crippen LogP contribution is 2.36. The van der Waals surface area contributed by atoms with Crippen LogP contribution in [-0.4, -0.2) is 48.4 Å². The predicted octanol–water partition coefficient (Wildman–Crippen LogP) is 1.87. The van der Waals surface area contributed by atoms with E-state index in [-0.39, 0.29) is 0 Å². The molecule has 0 atom stereocenters. The number of pyridine rings is 1. The molecule has 1 saturated heterocycles. The van der Waals surface area contributed by atoms with E-state index < -0.39 is 0 Å². The lowest BCUT2D eigenvalue weighted by atomic mass is 10.1. The molecule has 3 heterocycles. The van der Waals surface area contributed by atoms with Gasteiger partial charge in [-0.05, 0) is 18.5 Å². The highest BCUT2D eigenvalue weighted by Gasteiger charge is 2.22. The van der Waals surface area contributed by atoms with Crippen molar-refractivity contribution in [3.05, 3.63) is 18.0 Å². The van der Waals surface area contributed by atoms with Gasteiger partial charge in [-0.15, -0.1) is 11.8 Å². The largest absolute Gasteiger partial charge is 0.367 e. The maximum absolute atomic E-state index is 4.39. The van der Waals surface area contributed by atoms with Gasteiger partial charge in [-0.3, -0.25) is 4.98 Å². The second-order valence-corrected chi connectivity index (χ2v) is 5.79. The van der Waals surface area contributed by atoms with Crippen LogP contribution in [0, 0.1) is 0 Å². The first-order valence-corrected chi connectivity index (χ1v) is 7.44. The van der Waals surface area contributed by atoms with Crippen molar-refractivity contribution in [2.24, 2.45) is 0 Å². The summed E-state index contributed by atoms with van der Waals surface area (Å²) in [7, 11) is 0. The third kappa shape index (κ3) is 2.16. The van der Waals surface area contributed by atoms with E-state index in [0.29, 0.717) is 0 Å². The number of piperazine rings is 1. The van der Waals surface area contributed by atoms with E-state index in [0.717, 1.165) is 13.1 Å². The Kier molecular flexibility index (Phi) is 3.25. The SMILES string of the molecule is CCN1CCN(c2cncc3c2CCS3)CC1. The fourth-order valence-corrected chi connectivity index (χ4v) is 3.72. The molecule has 0 radical (unpaired) electrons. The minimum Gasteiger partial charge on any atom is -0.367 e. The highest BCUT2D eigenvalue weighted by atomic mass is 32.2. The zero-order valence-electron chi connectivity index (χ0n) is 10.4. The maximum atomic E-state index is 4.39. The quantitative estimate of drug-likeness (QED) is 0.796. The molecule has 0 bridgehead atoms. The molecule has 92 valence electrons. The smallest absolute Gasteiger partial charge is 0.0597 e. The number of hydrogen-bond acceptors (Lipinski definition) is 4. The monoisotopic (exact) mass is 249 g/mol. The minimum atomic E-state index is 1.15. The fraction of sp³-hybridized carbons (Fsp3) is 0.615. The molecule has 0 aliphatic carbocycles. The summed E-state index contributed by atoms with van der Waals surface area (Å²) in [6, 6.07) is 0. The first kappa shape index (κ1) is 11.4. The zero-order valence-corrected chi connectivity index (χ0v) is 11.2. The second-order valence-electron chi connectivity index (χ2n) is 4.66. The fourth-order valence-electron chi connectivity index (χ4n) is 2.67. The lowest BCUT2D eigenvalue weighted by Crippen LogP contribution is -2.46. The Morgan fingerprint density at radius 1 is 1.24 bits per heavy atom. The lowest BCUT2D eigenvalue weighted by Gasteiger charge is -2.36. The van der Waals surface area contributed by atoms with Gasteiger partial charge in [-0.1, -0.05) is 6.92 Å². The minimum absolute atomic E-state index is 1.15. The molecule has 0 N–H and O–H groups in total. The Morgan fingerprint density at radius 3 is 2.82 bits per heavy atom. The van der Waals surface area contributed by atoms with Gasteiger partial charge < -0.3 is 9.80 Å². The van der Waals surface area contributed by atoms with E-state index in [9.17, 15) is 0 Å². The molecular formula is C13H19N3S. The van der Waals surface area contributed by atoms with Crippen molar-refractivity contribution in [2.75, 3.05) is 43.4 Å². The topological polar surface area (TPSA) is 19.4 Å². The van der Waals surface area contributed by atoms with Crippen molar-refractivity contribution >= 4 is 17.4 Å². The molecule has 3 nitrogen and oxygen atoms in total. The predicted molar refractivity (Wildman–Crippen MR) is 73.0 cm³/mol. The Labute approximate surface area is 107 Å². The molecule has 0 aromatic carbocycles. The van der Waals surface area contributed by atoms with E-state index >= 15 is 0 Å². The summed E-state index contributed by atoms with van der Waals surface area (Å²) < 4.78 is 0. The average Bonchev–Trinajstić information content (AvgIpc) is 2.87.